The summed E-state index contributed by atoms with van der Waals surface area (Å²) in [6.07, 6.45) is 4.24. The molecule has 1 aliphatic rings. The lowest BCUT2D eigenvalue weighted by Gasteiger charge is -2.29. The third-order valence-corrected chi connectivity index (χ3v) is 2.75. The highest BCUT2D eigenvalue weighted by Gasteiger charge is 2.14. The van der Waals surface area contributed by atoms with E-state index in [0.29, 0.717) is 12.5 Å². The van der Waals surface area contributed by atoms with E-state index in [4.69, 9.17) is 10.8 Å². The van der Waals surface area contributed by atoms with Crippen molar-refractivity contribution in [2.45, 2.75) is 38.1 Å². The number of hydrogen-bond donors (Lipinski definition) is 2. The fraction of sp³-hybridized carbons (Fsp3) is 0.900. The summed E-state index contributed by atoms with van der Waals surface area (Å²) in [6.45, 7) is 3.18. The number of carboxylic acid groups (broad SMARTS) is 1. The molecule has 1 aliphatic heterocycles. The molecule has 0 radical (unpaired) electrons. The van der Waals surface area contributed by atoms with Crippen LogP contribution >= 0.6 is 24.8 Å². The normalized spacial score (nSPS) is 17.3. The molecule has 3 N–H and O–H groups in total. The molecule has 16 heavy (non-hydrogen) atoms. The summed E-state index contributed by atoms with van der Waals surface area (Å²) in [5.74, 6) is -0.689. The van der Waals surface area contributed by atoms with Crippen LogP contribution in [-0.2, 0) is 4.79 Å². The van der Waals surface area contributed by atoms with Gasteiger partial charge >= 0.3 is 5.97 Å². The van der Waals surface area contributed by atoms with Crippen molar-refractivity contribution in [2.24, 2.45) is 5.73 Å². The number of carboxylic acids is 1. The van der Waals surface area contributed by atoms with Gasteiger partial charge in [0.15, 0.2) is 0 Å². The highest BCUT2D eigenvalue weighted by molar-refractivity contribution is 5.85. The molecule has 98 valence electrons. The zero-order valence-corrected chi connectivity index (χ0v) is 11.1. The Balaban J connectivity index is 0. The standard InChI is InChI=1S/C10H20N2O2.2ClH/c11-9-4-7-12(8-5-9)6-2-1-3-10(13)14;;/h9H,1-8,11H2,(H,13,14);2*1H. The van der Waals surface area contributed by atoms with E-state index in [1.807, 2.05) is 0 Å². The number of carbonyl (C=O) groups is 1. The van der Waals surface area contributed by atoms with Crippen LogP contribution in [0.3, 0.4) is 0 Å². The number of nitrogens with two attached hydrogens (primary N) is 1. The van der Waals surface area contributed by atoms with Gasteiger partial charge in [-0.2, -0.15) is 0 Å². The largest absolute Gasteiger partial charge is 0.481 e. The number of unbranched alkanes of at least 4 members (excludes halogenated alkanes) is 1. The molecule has 0 aromatic carbocycles. The summed E-state index contributed by atoms with van der Waals surface area (Å²) in [6, 6.07) is 0.380. The molecule has 1 saturated heterocycles. The molecule has 0 saturated carbocycles. The maximum Gasteiger partial charge on any atom is 0.303 e. The van der Waals surface area contributed by atoms with Crippen molar-refractivity contribution in [3.63, 3.8) is 0 Å². The molecule has 0 amide bonds. The zero-order valence-electron chi connectivity index (χ0n) is 9.43. The van der Waals surface area contributed by atoms with Gasteiger partial charge in [0.2, 0.25) is 0 Å². The maximum atomic E-state index is 10.3. The van der Waals surface area contributed by atoms with E-state index >= 15 is 0 Å². The van der Waals surface area contributed by atoms with E-state index in [-0.39, 0.29) is 24.8 Å². The van der Waals surface area contributed by atoms with Crippen molar-refractivity contribution < 1.29 is 9.90 Å². The second-order valence-electron chi connectivity index (χ2n) is 4.03. The van der Waals surface area contributed by atoms with Gasteiger partial charge in [0.05, 0.1) is 0 Å². The second kappa shape index (κ2) is 10.1. The van der Waals surface area contributed by atoms with E-state index in [9.17, 15) is 4.79 Å². The first kappa shape index (κ1) is 18.3. The molecular formula is C10H22Cl2N2O2. The number of aliphatic carboxylic acids is 1. The van der Waals surface area contributed by atoms with Crippen LogP contribution in [0, 0.1) is 0 Å². The number of piperidine rings is 1. The number of nitrogens with zero attached hydrogens (tertiary/aromatic N) is 1. The molecule has 0 spiro atoms. The number of likely N-dealkylation sites (tertiary alicyclic amines) is 1. The van der Waals surface area contributed by atoms with Crippen molar-refractivity contribution in [3.8, 4) is 0 Å². The molecule has 0 aliphatic carbocycles. The molecule has 1 fully saturated rings. The molecule has 4 nitrogen and oxygen atoms in total. The Morgan fingerprint density at radius 3 is 2.31 bits per heavy atom. The molecule has 0 atom stereocenters. The SMILES string of the molecule is Cl.Cl.NC1CCN(CCCCC(=O)O)CC1. The average Bonchev–Trinajstić information content (AvgIpc) is 2.15. The van der Waals surface area contributed by atoms with Gasteiger partial charge in [-0.05, 0) is 45.3 Å². The fourth-order valence-electron chi connectivity index (χ4n) is 1.79. The summed E-state index contributed by atoms with van der Waals surface area (Å²) in [5.41, 5.74) is 5.79. The van der Waals surface area contributed by atoms with Crippen molar-refractivity contribution in [2.75, 3.05) is 19.6 Å². The predicted molar refractivity (Wildman–Crippen MR) is 69.6 cm³/mol. The van der Waals surface area contributed by atoms with Crippen LogP contribution < -0.4 is 5.73 Å². The van der Waals surface area contributed by atoms with Crippen LogP contribution in [0.2, 0.25) is 0 Å². The Morgan fingerprint density at radius 1 is 1.25 bits per heavy atom. The zero-order chi connectivity index (χ0) is 10.4. The van der Waals surface area contributed by atoms with Crippen molar-refractivity contribution in [3.05, 3.63) is 0 Å². The van der Waals surface area contributed by atoms with Gasteiger partial charge in [0, 0.05) is 12.5 Å². The lowest BCUT2D eigenvalue weighted by atomic mass is 10.1. The van der Waals surface area contributed by atoms with Crippen LogP contribution in [0.25, 0.3) is 0 Å². The molecule has 6 heteroatoms. The first-order valence-corrected chi connectivity index (χ1v) is 5.38. The van der Waals surface area contributed by atoms with Crippen LogP contribution in [0.5, 0.6) is 0 Å². The first-order valence-electron chi connectivity index (χ1n) is 5.38. The summed E-state index contributed by atoms with van der Waals surface area (Å²) in [4.78, 5) is 12.6. The minimum Gasteiger partial charge on any atom is -0.481 e. The predicted octanol–water partition coefficient (Wildman–Crippen LogP) is 1.51. The monoisotopic (exact) mass is 272 g/mol. The van der Waals surface area contributed by atoms with Gasteiger partial charge in [-0.15, -0.1) is 24.8 Å². The summed E-state index contributed by atoms with van der Waals surface area (Å²) < 4.78 is 0. The number of halogens is 2. The average molecular weight is 273 g/mol. The minimum absolute atomic E-state index is 0. The lowest BCUT2D eigenvalue weighted by Crippen LogP contribution is -2.40. The van der Waals surface area contributed by atoms with Crippen LogP contribution in [0.1, 0.15) is 32.1 Å². The first-order chi connectivity index (χ1) is 6.68. The number of hydrogen-bond acceptors (Lipinski definition) is 3. The molecule has 0 unspecified atom stereocenters. The Morgan fingerprint density at radius 2 is 1.81 bits per heavy atom. The fourth-order valence-corrected chi connectivity index (χ4v) is 1.79. The third-order valence-electron chi connectivity index (χ3n) is 2.75. The van der Waals surface area contributed by atoms with Crippen molar-refractivity contribution in [1.82, 2.24) is 4.90 Å². The lowest BCUT2D eigenvalue weighted by molar-refractivity contribution is -0.137. The molecule has 1 heterocycles. The Bertz CT molecular complexity index is 186. The summed E-state index contributed by atoms with van der Waals surface area (Å²) in [5, 5.41) is 8.46. The topological polar surface area (TPSA) is 66.6 Å². The van der Waals surface area contributed by atoms with E-state index in [0.717, 1.165) is 45.3 Å². The van der Waals surface area contributed by atoms with E-state index in [1.54, 1.807) is 0 Å². The van der Waals surface area contributed by atoms with Gasteiger partial charge in [-0.3, -0.25) is 4.79 Å². The highest BCUT2D eigenvalue weighted by Crippen LogP contribution is 2.09. The van der Waals surface area contributed by atoms with Crippen LogP contribution in [0.4, 0.5) is 0 Å². The summed E-state index contributed by atoms with van der Waals surface area (Å²) in [7, 11) is 0. The smallest absolute Gasteiger partial charge is 0.303 e. The molecule has 0 aromatic rings. The Labute approximate surface area is 109 Å². The van der Waals surface area contributed by atoms with Gasteiger partial charge in [0.1, 0.15) is 0 Å². The van der Waals surface area contributed by atoms with Gasteiger partial charge < -0.3 is 15.7 Å². The summed E-state index contributed by atoms with van der Waals surface area (Å²) >= 11 is 0. The van der Waals surface area contributed by atoms with E-state index in [1.165, 1.54) is 0 Å². The highest BCUT2D eigenvalue weighted by atomic mass is 35.5. The van der Waals surface area contributed by atoms with E-state index < -0.39 is 5.97 Å². The van der Waals surface area contributed by atoms with Crippen molar-refractivity contribution in [1.29, 1.82) is 0 Å². The van der Waals surface area contributed by atoms with Gasteiger partial charge in [-0.25, -0.2) is 0 Å². The minimum atomic E-state index is -0.689. The quantitative estimate of drug-likeness (QED) is 0.745. The van der Waals surface area contributed by atoms with Gasteiger partial charge in [0.25, 0.3) is 0 Å². The van der Waals surface area contributed by atoms with Gasteiger partial charge in [-0.1, -0.05) is 0 Å². The van der Waals surface area contributed by atoms with Crippen molar-refractivity contribution >= 4 is 30.8 Å². The molecule has 1 rings (SSSR count). The number of rotatable bonds is 5. The molecule has 0 bridgehead atoms. The molecular weight excluding hydrogens is 251 g/mol. The van der Waals surface area contributed by atoms with Crippen LogP contribution in [-0.4, -0.2) is 41.7 Å². The molecule has 0 aromatic heterocycles. The Kier molecular flexibility index (Phi) is 11.6. The maximum absolute atomic E-state index is 10.3. The van der Waals surface area contributed by atoms with Crippen LogP contribution in [0.15, 0.2) is 0 Å². The second-order valence-corrected chi connectivity index (χ2v) is 4.03. The Hall–Kier alpha value is -0.0300. The third kappa shape index (κ3) is 8.16. The van der Waals surface area contributed by atoms with E-state index in [2.05, 4.69) is 4.90 Å².